The van der Waals surface area contributed by atoms with Gasteiger partial charge in [0.25, 0.3) is 5.91 Å². The molecule has 0 saturated carbocycles. The van der Waals surface area contributed by atoms with E-state index in [4.69, 9.17) is 4.74 Å². The number of hydrogen-bond acceptors (Lipinski definition) is 4. The smallest absolute Gasteiger partial charge is 0.282 e. The SMILES string of the molecule is CC(C)NS(=O)(=O)c1ccc(NC(=O)[C@H](C)[NH+]2C[C@@H](C)O[C@@H](C)C2)cc1. The first kappa shape index (κ1) is 20.8. The molecule has 1 aromatic carbocycles. The Morgan fingerprint density at radius 2 is 1.65 bits per heavy atom. The molecule has 2 rings (SSSR count). The normalized spacial score (nSPS) is 25.1. The molecule has 146 valence electrons. The molecule has 1 unspecified atom stereocenters. The van der Waals surface area contributed by atoms with Crippen LogP contribution in [-0.2, 0) is 19.6 Å². The molecule has 1 amide bonds. The molecule has 7 nitrogen and oxygen atoms in total. The molecule has 1 fully saturated rings. The lowest BCUT2D eigenvalue weighted by molar-refractivity contribution is -0.928. The number of hydrogen-bond donors (Lipinski definition) is 3. The van der Waals surface area contributed by atoms with E-state index < -0.39 is 10.0 Å². The summed E-state index contributed by atoms with van der Waals surface area (Å²) in [5.74, 6) is -0.0859. The van der Waals surface area contributed by atoms with Crippen molar-refractivity contribution in [3.05, 3.63) is 24.3 Å². The molecule has 0 radical (unpaired) electrons. The van der Waals surface area contributed by atoms with Gasteiger partial charge in [-0.3, -0.25) is 4.79 Å². The number of nitrogens with one attached hydrogen (secondary N) is 3. The highest BCUT2D eigenvalue weighted by Gasteiger charge is 2.33. The minimum absolute atomic E-state index is 0.0859. The maximum Gasteiger partial charge on any atom is 0.282 e. The summed E-state index contributed by atoms with van der Waals surface area (Å²) in [5.41, 5.74) is 0.583. The fourth-order valence-electron chi connectivity index (χ4n) is 3.20. The first-order valence-electron chi connectivity index (χ1n) is 9.01. The molecule has 1 heterocycles. The van der Waals surface area contributed by atoms with Crippen LogP contribution in [0.25, 0.3) is 0 Å². The van der Waals surface area contributed by atoms with Gasteiger partial charge < -0.3 is 15.0 Å². The van der Waals surface area contributed by atoms with Crippen LogP contribution in [0.15, 0.2) is 29.2 Å². The van der Waals surface area contributed by atoms with Gasteiger partial charge in [-0.1, -0.05) is 0 Å². The molecule has 0 aromatic heterocycles. The number of carbonyl (C=O) groups is 1. The average molecular weight is 385 g/mol. The van der Waals surface area contributed by atoms with Gasteiger partial charge in [0.05, 0.1) is 4.90 Å². The Morgan fingerprint density at radius 3 is 2.15 bits per heavy atom. The number of sulfonamides is 1. The molecule has 4 atom stereocenters. The Bertz CT molecular complexity index is 708. The van der Waals surface area contributed by atoms with E-state index in [1.54, 1.807) is 26.0 Å². The van der Waals surface area contributed by atoms with E-state index in [9.17, 15) is 13.2 Å². The van der Waals surface area contributed by atoms with Gasteiger partial charge in [0.2, 0.25) is 10.0 Å². The van der Waals surface area contributed by atoms with Gasteiger partial charge in [-0.05, 0) is 58.9 Å². The lowest BCUT2D eigenvalue weighted by atomic mass is 10.1. The predicted molar refractivity (Wildman–Crippen MR) is 101 cm³/mol. The summed E-state index contributed by atoms with van der Waals surface area (Å²) in [4.78, 5) is 13.9. The highest BCUT2D eigenvalue weighted by Crippen LogP contribution is 2.14. The van der Waals surface area contributed by atoms with Gasteiger partial charge in [0, 0.05) is 11.7 Å². The van der Waals surface area contributed by atoms with Crippen LogP contribution in [0, 0.1) is 0 Å². The minimum Gasteiger partial charge on any atom is -0.364 e. The monoisotopic (exact) mass is 384 g/mol. The summed E-state index contributed by atoms with van der Waals surface area (Å²) in [6.07, 6.45) is 0.254. The Kier molecular flexibility index (Phi) is 6.79. The molecule has 1 aliphatic heterocycles. The lowest BCUT2D eigenvalue weighted by Gasteiger charge is -2.35. The highest BCUT2D eigenvalue weighted by molar-refractivity contribution is 7.89. The van der Waals surface area contributed by atoms with Crippen molar-refractivity contribution < 1.29 is 22.8 Å². The second-order valence-electron chi connectivity index (χ2n) is 7.34. The van der Waals surface area contributed by atoms with Crippen molar-refractivity contribution in [2.45, 2.75) is 63.8 Å². The van der Waals surface area contributed by atoms with E-state index in [0.29, 0.717) is 5.69 Å². The van der Waals surface area contributed by atoms with Crippen molar-refractivity contribution in [3.63, 3.8) is 0 Å². The molecule has 0 spiro atoms. The van der Waals surface area contributed by atoms with Crippen LogP contribution in [0.4, 0.5) is 5.69 Å². The quantitative estimate of drug-likeness (QED) is 0.662. The molecule has 1 aromatic rings. The third kappa shape index (κ3) is 5.51. The largest absolute Gasteiger partial charge is 0.364 e. The first-order chi connectivity index (χ1) is 12.1. The number of morpholine rings is 1. The second kappa shape index (κ2) is 8.47. The van der Waals surface area contributed by atoms with E-state index in [0.717, 1.165) is 13.1 Å². The Labute approximate surface area is 156 Å². The first-order valence-corrected chi connectivity index (χ1v) is 10.5. The van der Waals surface area contributed by atoms with E-state index in [1.165, 1.54) is 17.0 Å². The number of rotatable bonds is 6. The standard InChI is InChI=1S/C18H29N3O4S/c1-12(2)20-26(23,24)17-8-6-16(7-9-17)19-18(22)15(5)21-10-13(3)25-14(4)11-21/h6-9,12-15,20H,10-11H2,1-5H3,(H,19,22)/p+1/t13-,14+,15-/m0/s1. The molecule has 0 aliphatic carbocycles. The fourth-order valence-corrected chi connectivity index (χ4v) is 4.45. The Hall–Kier alpha value is -1.48. The van der Waals surface area contributed by atoms with Crippen LogP contribution < -0.4 is 14.9 Å². The molecule has 0 bridgehead atoms. The van der Waals surface area contributed by atoms with E-state index in [-0.39, 0.29) is 35.1 Å². The van der Waals surface area contributed by atoms with Crippen molar-refractivity contribution in [3.8, 4) is 0 Å². The zero-order valence-corrected chi connectivity index (χ0v) is 16.9. The van der Waals surface area contributed by atoms with Gasteiger partial charge in [-0.25, -0.2) is 13.1 Å². The summed E-state index contributed by atoms with van der Waals surface area (Å²) in [5, 5.41) is 2.87. The van der Waals surface area contributed by atoms with Crippen LogP contribution in [0.2, 0.25) is 0 Å². The molecule has 3 N–H and O–H groups in total. The van der Waals surface area contributed by atoms with Crippen molar-refractivity contribution in [2.75, 3.05) is 18.4 Å². The average Bonchev–Trinajstić information content (AvgIpc) is 2.52. The third-order valence-electron chi connectivity index (χ3n) is 4.39. The van der Waals surface area contributed by atoms with Crippen LogP contribution in [0.1, 0.15) is 34.6 Å². The molecule has 1 saturated heterocycles. The lowest BCUT2D eigenvalue weighted by Crippen LogP contribution is -3.19. The number of ether oxygens (including phenoxy) is 1. The zero-order valence-electron chi connectivity index (χ0n) is 16.1. The molecule has 26 heavy (non-hydrogen) atoms. The number of benzene rings is 1. The van der Waals surface area contributed by atoms with Gasteiger partial charge in [0.15, 0.2) is 6.04 Å². The van der Waals surface area contributed by atoms with Crippen LogP contribution in [0.3, 0.4) is 0 Å². The van der Waals surface area contributed by atoms with Crippen molar-refractivity contribution in [1.29, 1.82) is 0 Å². The Balaban J connectivity index is 2.01. The van der Waals surface area contributed by atoms with E-state index >= 15 is 0 Å². The van der Waals surface area contributed by atoms with Gasteiger partial charge in [0.1, 0.15) is 25.3 Å². The minimum atomic E-state index is -3.53. The molecular weight excluding hydrogens is 354 g/mol. The summed E-state index contributed by atoms with van der Waals surface area (Å²) in [7, 11) is -3.53. The second-order valence-corrected chi connectivity index (χ2v) is 9.05. The van der Waals surface area contributed by atoms with Crippen molar-refractivity contribution in [2.24, 2.45) is 0 Å². The van der Waals surface area contributed by atoms with Crippen LogP contribution >= 0.6 is 0 Å². The number of amides is 1. The molecule has 8 heteroatoms. The van der Waals surface area contributed by atoms with Crippen LogP contribution in [0.5, 0.6) is 0 Å². The van der Waals surface area contributed by atoms with Gasteiger partial charge >= 0.3 is 0 Å². The Morgan fingerprint density at radius 1 is 1.12 bits per heavy atom. The zero-order chi connectivity index (χ0) is 19.5. The summed E-state index contributed by atoms with van der Waals surface area (Å²) in [6, 6.07) is 5.82. The highest BCUT2D eigenvalue weighted by atomic mass is 32.2. The van der Waals surface area contributed by atoms with E-state index in [2.05, 4.69) is 10.0 Å². The van der Waals surface area contributed by atoms with E-state index in [1.807, 2.05) is 20.8 Å². The number of anilines is 1. The number of carbonyl (C=O) groups excluding carboxylic acids is 1. The number of quaternary nitrogens is 1. The van der Waals surface area contributed by atoms with Gasteiger partial charge in [-0.15, -0.1) is 0 Å². The predicted octanol–water partition coefficient (Wildman–Crippen LogP) is 0.392. The van der Waals surface area contributed by atoms with Crippen molar-refractivity contribution >= 4 is 21.6 Å². The van der Waals surface area contributed by atoms with Gasteiger partial charge in [-0.2, -0.15) is 0 Å². The third-order valence-corrected chi connectivity index (χ3v) is 6.07. The summed E-state index contributed by atoms with van der Waals surface area (Å²) < 4.78 is 32.5. The maximum absolute atomic E-state index is 12.5. The fraction of sp³-hybridized carbons (Fsp3) is 0.611. The topological polar surface area (TPSA) is 88.9 Å². The van der Waals surface area contributed by atoms with Crippen molar-refractivity contribution in [1.82, 2.24) is 4.72 Å². The summed E-state index contributed by atoms with van der Waals surface area (Å²) in [6.45, 7) is 11.1. The molecular formula is C18H30N3O4S+. The van der Waals surface area contributed by atoms with Crippen LogP contribution in [-0.4, -0.2) is 51.7 Å². The molecule has 1 aliphatic rings. The maximum atomic E-state index is 12.5. The summed E-state index contributed by atoms with van der Waals surface area (Å²) >= 11 is 0.